The molecule has 1 N–H and O–H groups in total. The molecule has 0 unspecified atom stereocenters. The normalized spacial score (nSPS) is 16.0. The van der Waals surface area contributed by atoms with Crippen LogP contribution in [0.3, 0.4) is 0 Å². The van der Waals surface area contributed by atoms with Gasteiger partial charge >= 0.3 is 0 Å². The van der Waals surface area contributed by atoms with E-state index in [-0.39, 0.29) is 18.1 Å². The molecule has 146 valence electrons. The van der Waals surface area contributed by atoms with E-state index in [0.717, 1.165) is 25.1 Å². The van der Waals surface area contributed by atoms with Crippen LogP contribution in [-0.4, -0.2) is 11.7 Å². The summed E-state index contributed by atoms with van der Waals surface area (Å²) >= 11 is 6.63. The van der Waals surface area contributed by atoms with E-state index in [1.807, 2.05) is 29.6 Å². The third-order valence-corrected chi connectivity index (χ3v) is 9.55. The lowest BCUT2D eigenvalue weighted by molar-refractivity contribution is -0.116. The van der Waals surface area contributed by atoms with Crippen LogP contribution < -0.4 is 5.32 Å². The maximum Gasteiger partial charge on any atom is 0.256 e. The second kappa shape index (κ2) is 6.99. The first-order valence-electron chi connectivity index (χ1n) is 9.29. The average Bonchev–Trinajstić information content (AvgIpc) is 3.54. The van der Waals surface area contributed by atoms with Crippen LogP contribution in [0.15, 0.2) is 70.4 Å². The van der Waals surface area contributed by atoms with Crippen LogP contribution in [0.1, 0.15) is 16.2 Å². The molecule has 5 heterocycles. The zero-order valence-electron chi connectivity index (χ0n) is 15.4. The molecule has 6 rings (SSSR count). The SMILES string of the molecule is O=C1CC(c2ccc(-c3cccs3)s2)=C2C(=O)NC(c3ccc(-c4cccs4)s3)=C12. The molecule has 1 aliphatic heterocycles. The van der Waals surface area contributed by atoms with Crippen molar-refractivity contribution in [3.8, 4) is 19.5 Å². The van der Waals surface area contributed by atoms with E-state index in [9.17, 15) is 9.59 Å². The minimum atomic E-state index is -0.169. The summed E-state index contributed by atoms with van der Waals surface area (Å²) in [4.78, 5) is 32.5. The van der Waals surface area contributed by atoms with Gasteiger partial charge < -0.3 is 5.32 Å². The fourth-order valence-corrected chi connectivity index (χ4v) is 7.59. The van der Waals surface area contributed by atoms with Crippen molar-refractivity contribution in [2.75, 3.05) is 0 Å². The summed E-state index contributed by atoms with van der Waals surface area (Å²) < 4.78 is 0. The fourth-order valence-electron chi connectivity index (χ4n) is 3.85. The van der Waals surface area contributed by atoms with Crippen LogP contribution in [0.4, 0.5) is 0 Å². The maximum absolute atomic E-state index is 13.0. The Morgan fingerprint density at radius 3 is 1.90 bits per heavy atom. The lowest BCUT2D eigenvalue weighted by Gasteiger charge is -2.02. The van der Waals surface area contributed by atoms with Crippen molar-refractivity contribution in [1.29, 1.82) is 0 Å². The van der Waals surface area contributed by atoms with Crippen molar-refractivity contribution in [3.05, 3.63) is 80.2 Å². The molecule has 7 heteroatoms. The van der Waals surface area contributed by atoms with Crippen LogP contribution in [0.2, 0.25) is 0 Å². The number of allylic oxidation sites excluding steroid dienone is 1. The van der Waals surface area contributed by atoms with Gasteiger partial charge in [-0.15, -0.1) is 45.3 Å². The standard InChI is InChI=1S/C23H13NO2S4/c25-13-11-12(14-5-6-17(29-14)15-3-1-9-27-15)20-21(13)22(24-23(20)26)19-8-7-18(30-19)16-4-2-10-28-16/h1-10H,11H2,(H,24,26). The van der Waals surface area contributed by atoms with E-state index in [4.69, 9.17) is 0 Å². The van der Waals surface area contributed by atoms with Gasteiger partial charge in [0.15, 0.2) is 5.78 Å². The van der Waals surface area contributed by atoms with Crippen molar-refractivity contribution in [3.63, 3.8) is 0 Å². The number of ketones is 1. The molecule has 0 saturated heterocycles. The van der Waals surface area contributed by atoms with Gasteiger partial charge in [0.2, 0.25) is 0 Å². The highest BCUT2D eigenvalue weighted by atomic mass is 32.1. The van der Waals surface area contributed by atoms with Gasteiger partial charge in [0.25, 0.3) is 5.91 Å². The summed E-state index contributed by atoms with van der Waals surface area (Å²) in [6, 6.07) is 16.4. The van der Waals surface area contributed by atoms with E-state index in [0.29, 0.717) is 16.8 Å². The van der Waals surface area contributed by atoms with Gasteiger partial charge in [0.1, 0.15) is 0 Å². The number of fused-ring (bicyclic) bond motifs is 1. The van der Waals surface area contributed by atoms with Gasteiger partial charge in [-0.3, -0.25) is 9.59 Å². The summed E-state index contributed by atoms with van der Waals surface area (Å²) in [6.07, 6.45) is 0.287. The van der Waals surface area contributed by atoms with Crippen molar-refractivity contribution in [2.45, 2.75) is 6.42 Å². The minimum absolute atomic E-state index is 0.0190. The number of rotatable bonds is 4. The number of thiophene rings is 4. The monoisotopic (exact) mass is 463 g/mol. The summed E-state index contributed by atoms with van der Waals surface area (Å²) in [7, 11) is 0. The molecule has 0 spiro atoms. The topological polar surface area (TPSA) is 46.2 Å². The summed E-state index contributed by atoms with van der Waals surface area (Å²) in [5, 5.41) is 7.08. The Balaban J connectivity index is 1.43. The molecule has 0 fully saturated rings. The molecule has 4 aromatic rings. The Bertz CT molecular complexity index is 1260. The van der Waals surface area contributed by atoms with E-state index >= 15 is 0 Å². The van der Waals surface area contributed by atoms with Gasteiger partial charge in [-0.2, -0.15) is 0 Å². The van der Waals surface area contributed by atoms with Gasteiger partial charge in [0, 0.05) is 30.8 Å². The summed E-state index contributed by atoms with van der Waals surface area (Å²) in [6.45, 7) is 0. The van der Waals surface area contributed by atoms with E-state index in [2.05, 4.69) is 35.0 Å². The second-order valence-electron chi connectivity index (χ2n) is 6.94. The zero-order valence-corrected chi connectivity index (χ0v) is 18.7. The highest BCUT2D eigenvalue weighted by Gasteiger charge is 2.41. The van der Waals surface area contributed by atoms with Crippen molar-refractivity contribution in [2.24, 2.45) is 0 Å². The van der Waals surface area contributed by atoms with Gasteiger partial charge in [0.05, 0.1) is 21.7 Å². The van der Waals surface area contributed by atoms with Crippen molar-refractivity contribution >= 4 is 68.3 Å². The number of nitrogens with one attached hydrogen (secondary N) is 1. The van der Waals surface area contributed by atoms with Crippen molar-refractivity contribution in [1.82, 2.24) is 5.32 Å². The van der Waals surface area contributed by atoms with E-state index in [1.165, 1.54) is 9.75 Å². The number of carbonyl (C=O) groups excluding carboxylic acids is 2. The van der Waals surface area contributed by atoms with Crippen LogP contribution in [0, 0.1) is 0 Å². The lowest BCUT2D eigenvalue weighted by Crippen LogP contribution is -2.16. The van der Waals surface area contributed by atoms with E-state index < -0.39 is 0 Å². The molecule has 0 atom stereocenters. The molecular weight excluding hydrogens is 451 g/mol. The molecule has 3 nitrogen and oxygen atoms in total. The lowest BCUT2D eigenvalue weighted by atomic mass is 10.1. The first-order valence-corrected chi connectivity index (χ1v) is 12.7. The highest BCUT2D eigenvalue weighted by molar-refractivity contribution is 7.22. The van der Waals surface area contributed by atoms with Crippen LogP contribution in [0.5, 0.6) is 0 Å². The Hall–Kier alpha value is -2.58. The summed E-state index contributed by atoms with van der Waals surface area (Å²) in [5.41, 5.74) is 2.63. The van der Waals surface area contributed by atoms with Crippen LogP contribution in [-0.2, 0) is 9.59 Å². The molecule has 0 aromatic carbocycles. The van der Waals surface area contributed by atoms with E-state index in [1.54, 1.807) is 45.3 Å². The third-order valence-electron chi connectivity index (χ3n) is 5.17. The quantitative estimate of drug-likeness (QED) is 0.374. The number of amides is 1. The number of Topliss-reactive ketones (excluding diaryl/α,β-unsaturated/α-hetero) is 1. The molecular formula is C23H13NO2S4. The fraction of sp³-hybridized carbons (Fsp3) is 0.0435. The molecule has 4 aromatic heterocycles. The molecule has 0 saturated carbocycles. The molecule has 30 heavy (non-hydrogen) atoms. The number of hydrogen-bond acceptors (Lipinski definition) is 6. The molecule has 1 amide bonds. The zero-order chi connectivity index (χ0) is 20.2. The minimum Gasteiger partial charge on any atom is -0.320 e. The Morgan fingerprint density at radius 1 is 0.667 bits per heavy atom. The van der Waals surface area contributed by atoms with Gasteiger partial charge in [-0.1, -0.05) is 12.1 Å². The summed E-state index contributed by atoms with van der Waals surface area (Å²) in [5.74, 6) is -0.150. The first-order chi connectivity index (χ1) is 14.7. The van der Waals surface area contributed by atoms with Gasteiger partial charge in [-0.05, 0) is 52.7 Å². The molecule has 2 aliphatic rings. The maximum atomic E-state index is 13.0. The predicted octanol–water partition coefficient (Wildman–Crippen LogP) is 6.53. The number of carbonyl (C=O) groups is 2. The number of hydrogen-bond donors (Lipinski definition) is 1. The Morgan fingerprint density at radius 2 is 1.27 bits per heavy atom. The Labute approximate surface area is 188 Å². The third kappa shape index (κ3) is 2.81. The van der Waals surface area contributed by atoms with Crippen LogP contribution in [0.25, 0.3) is 30.8 Å². The highest BCUT2D eigenvalue weighted by Crippen LogP contribution is 2.46. The largest absolute Gasteiger partial charge is 0.320 e. The van der Waals surface area contributed by atoms with Gasteiger partial charge in [-0.25, -0.2) is 0 Å². The average molecular weight is 464 g/mol. The molecule has 0 bridgehead atoms. The van der Waals surface area contributed by atoms with Crippen molar-refractivity contribution < 1.29 is 9.59 Å². The van der Waals surface area contributed by atoms with Crippen LogP contribution >= 0.6 is 45.3 Å². The predicted molar refractivity (Wildman–Crippen MR) is 127 cm³/mol. The Kier molecular flexibility index (Phi) is 4.24. The first kappa shape index (κ1) is 18.2. The molecule has 0 radical (unpaired) electrons. The smallest absolute Gasteiger partial charge is 0.256 e. The second-order valence-corrected chi connectivity index (χ2v) is 11.0. The molecule has 1 aliphatic carbocycles.